The van der Waals surface area contributed by atoms with E-state index in [0.29, 0.717) is 17.1 Å². The van der Waals surface area contributed by atoms with Gasteiger partial charge in [0.25, 0.3) is 5.91 Å². The van der Waals surface area contributed by atoms with Crippen LogP contribution in [0.4, 0.5) is 18.3 Å². The van der Waals surface area contributed by atoms with E-state index in [0.717, 1.165) is 0 Å². The van der Waals surface area contributed by atoms with Gasteiger partial charge in [0.15, 0.2) is 0 Å². The molecule has 0 bridgehead atoms. The number of aromatic nitrogens is 2. The maximum Gasteiger partial charge on any atom is 0.445 e. The lowest BCUT2D eigenvalue weighted by Crippen LogP contribution is -2.11. The number of carbonyl (C=O) groups excluding carboxylic acids is 2. The van der Waals surface area contributed by atoms with Gasteiger partial charge in [0.05, 0.1) is 0 Å². The van der Waals surface area contributed by atoms with E-state index in [2.05, 4.69) is 15.5 Å². The first-order valence-corrected chi connectivity index (χ1v) is 8.44. The molecule has 0 unspecified atom stereocenters. The van der Waals surface area contributed by atoms with Gasteiger partial charge in [-0.05, 0) is 48.5 Å². The van der Waals surface area contributed by atoms with Crippen molar-refractivity contribution in [1.82, 2.24) is 10.2 Å². The Hall–Kier alpha value is -3.47. The average molecular weight is 408 g/mol. The van der Waals surface area contributed by atoms with Crippen molar-refractivity contribution in [3.63, 3.8) is 0 Å². The summed E-state index contributed by atoms with van der Waals surface area (Å²) in [6.07, 6.45) is -4.62. The number of nitrogens with zero attached hydrogens (tertiary/aromatic N) is 2. The standard InChI is InChI=1S/C17H11F3N4O3S/c18-17(19,20)15-23-24-16(28-15)22-14(26)10-3-7-12(8-4-10)27-11-5-1-9(2-6-11)13(21)25/h1-8H,(H2,21,25)(H,22,24,26). The third-order valence-electron chi connectivity index (χ3n) is 3.38. The highest BCUT2D eigenvalue weighted by Crippen LogP contribution is 2.33. The van der Waals surface area contributed by atoms with Gasteiger partial charge in [-0.3, -0.25) is 14.9 Å². The number of primary amides is 1. The van der Waals surface area contributed by atoms with Crippen LogP contribution in [0.3, 0.4) is 0 Å². The molecule has 28 heavy (non-hydrogen) atoms. The van der Waals surface area contributed by atoms with Crippen molar-refractivity contribution < 1.29 is 27.5 Å². The van der Waals surface area contributed by atoms with Gasteiger partial charge >= 0.3 is 6.18 Å². The van der Waals surface area contributed by atoms with Gasteiger partial charge in [-0.2, -0.15) is 13.2 Å². The second-order valence-corrected chi connectivity index (χ2v) is 6.36. The predicted molar refractivity (Wildman–Crippen MR) is 94.3 cm³/mol. The molecule has 7 nitrogen and oxygen atoms in total. The Morgan fingerprint density at radius 1 is 0.929 bits per heavy atom. The van der Waals surface area contributed by atoms with E-state index in [1.165, 1.54) is 36.4 Å². The third kappa shape index (κ3) is 4.62. The van der Waals surface area contributed by atoms with E-state index in [1.807, 2.05) is 0 Å². The summed E-state index contributed by atoms with van der Waals surface area (Å²) in [5.41, 5.74) is 5.69. The van der Waals surface area contributed by atoms with Gasteiger partial charge in [0.2, 0.25) is 16.0 Å². The van der Waals surface area contributed by atoms with Gasteiger partial charge in [-0.15, -0.1) is 10.2 Å². The molecule has 0 saturated carbocycles. The molecule has 0 aliphatic heterocycles. The molecule has 1 aromatic heterocycles. The van der Waals surface area contributed by atoms with Crippen LogP contribution in [0.25, 0.3) is 0 Å². The smallest absolute Gasteiger partial charge is 0.445 e. The Kier molecular flexibility index (Phi) is 5.27. The number of nitrogens with one attached hydrogen (secondary N) is 1. The number of alkyl halides is 3. The van der Waals surface area contributed by atoms with Crippen LogP contribution in [0, 0.1) is 0 Å². The molecule has 144 valence electrons. The zero-order valence-electron chi connectivity index (χ0n) is 13.9. The highest BCUT2D eigenvalue weighted by molar-refractivity contribution is 7.15. The maximum atomic E-state index is 12.5. The number of nitrogens with two attached hydrogens (primary N) is 1. The minimum Gasteiger partial charge on any atom is -0.457 e. The van der Waals surface area contributed by atoms with Gasteiger partial charge < -0.3 is 10.5 Å². The van der Waals surface area contributed by atoms with Crippen LogP contribution in [-0.4, -0.2) is 22.0 Å². The fraction of sp³-hybridized carbons (Fsp3) is 0.0588. The molecular weight excluding hydrogens is 397 g/mol. The Bertz CT molecular complexity index is 1000. The lowest BCUT2D eigenvalue weighted by molar-refractivity contribution is -0.138. The Labute approximate surface area is 160 Å². The van der Waals surface area contributed by atoms with Crippen LogP contribution in [0.15, 0.2) is 48.5 Å². The van der Waals surface area contributed by atoms with Crippen molar-refractivity contribution in [2.45, 2.75) is 6.18 Å². The lowest BCUT2D eigenvalue weighted by atomic mass is 10.2. The Balaban J connectivity index is 1.64. The van der Waals surface area contributed by atoms with Crippen LogP contribution < -0.4 is 15.8 Å². The van der Waals surface area contributed by atoms with Crippen molar-refractivity contribution in [2.75, 3.05) is 5.32 Å². The minimum atomic E-state index is -4.62. The number of carbonyl (C=O) groups is 2. The molecule has 3 rings (SSSR count). The summed E-state index contributed by atoms with van der Waals surface area (Å²) in [5, 5.41) is 7.15. The van der Waals surface area contributed by atoms with Crippen LogP contribution in [0.2, 0.25) is 0 Å². The molecule has 0 spiro atoms. The van der Waals surface area contributed by atoms with Crippen molar-refractivity contribution in [2.24, 2.45) is 5.73 Å². The summed E-state index contributed by atoms with van der Waals surface area (Å²) in [7, 11) is 0. The summed E-state index contributed by atoms with van der Waals surface area (Å²) in [5.74, 6) is -0.323. The van der Waals surface area contributed by atoms with E-state index in [9.17, 15) is 22.8 Å². The molecule has 0 aliphatic rings. The Morgan fingerprint density at radius 2 is 1.46 bits per heavy atom. The molecule has 0 aliphatic carbocycles. The molecule has 0 radical (unpaired) electrons. The second kappa shape index (κ2) is 7.64. The van der Waals surface area contributed by atoms with E-state index in [4.69, 9.17) is 10.5 Å². The first-order chi connectivity index (χ1) is 13.2. The molecule has 1 heterocycles. The predicted octanol–water partition coefficient (Wildman–Crippen LogP) is 3.70. The topological polar surface area (TPSA) is 107 Å². The molecule has 0 saturated heterocycles. The molecule has 11 heteroatoms. The van der Waals surface area contributed by atoms with E-state index < -0.39 is 23.0 Å². The number of rotatable bonds is 5. The quantitative estimate of drug-likeness (QED) is 0.669. The summed E-state index contributed by atoms with van der Waals surface area (Å²) in [6.45, 7) is 0. The lowest BCUT2D eigenvalue weighted by Gasteiger charge is -2.07. The van der Waals surface area contributed by atoms with Crippen molar-refractivity contribution in [1.29, 1.82) is 0 Å². The number of hydrogen-bond donors (Lipinski definition) is 2. The number of ether oxygens (including phenoxy) is 1. The zero-order valence-corrected chi connectivity index (χ0v) is 14.7. The van der Waals surface area contributed by atoms with Crippen LogP contribution in [0.5, 0.6) is 11.5 Å². The number of benzene rings is 2. The zero-order chi connectivity index (χ0) is 20.3. The molecule has 0 fully saturated rings. The second-order valence-electron chi connectivity index (χ2n) is 5.38. The van der Waals surface area contributed by atoms with Gasteiger partial charge in [-0.1, -0.05) is 11.3 Å². The highest BCUT2D eigenvalue weighted by Gasteiger charge is 2.35. The fourth-order valence-corrected chi connectivity index (χ4v) is 2.66. The summed E-state index contributed by atoms with van der Waals surface area (Å²) < 4.78 is 43.1. The maximum absolute atomic E-state index is 12.5. The monoisotopic (exact) mass is 408 g/mol. The van der Waals surface area contributed by atoms with Crippen LogP contribution >= 0.6 is 11.3 Å². The number of anilines is 1. The highest BCUT2D eigenvalue weighted by atomic mass is 32.1. The van der Waals surface area contributed by atoms with Crippen molar-refractivity contribution in [3.05, 3.63) is 64.7 Å². The van der Waals surface area contributed by atoms with Gasteiger partial charge in [0.1, 0.15) is 11.5 Å². The molecule has 3 N–H and O–H groups in total. The van der Waals surface area contributed by atoms with E-state index >= 15 is 0 Å². The molecule has 2 amide bonds. The summed E-state index contributed by atoms with van der Waals surface area (Å²) in [6, 6.07) is 12.1. The van der Waals surface area contributed by atoms with E-state index in [1.54, 1.807) is 12.1 Å². The van der Waals surface area contributed by atoms with Gasteiger partial charge in [-0.25, -0.2) is 0 Å². The number of halogens is 3. The number of amides is 2. The van der Waals surface area contributed by atoms with Crippen LogP contribution in [-0.2, 0) is 6.18 Å². The van der Waals surface area contributed by atoms with Crippen molar-refractivity contribution in [3.8, 4) is 11.5 Å². The Morgan fingerprint density at radius 3 is 1.93 bits per heavy atom. The minimum absolute atomic E-state index is 0.195. The van der Waals surface area contributed by atoms with E-state index in [-0.39, 0.29) is 22.0 Å². The molecule has 2 aromatic carbocycles. The first kappa shape index (κ1) is 19.3. The molecule has 0 atom stereocenters. The number of hydrogen-bond acceptors (Lipinski definition) is 6. The van der Waals surface area contributed by atoms with Gasteiger partial charge in [0, 0.05) is 11.1 Å². The third-order valence-corrected chi connectivity index (χ3v) is 4.26. The fourth-order valence-electron chi connectivity index (χ4n) is 2.06. The summed E-state index contributed by atoms with van der Waals surface area (Å²) >= 11 is 0.234. The first-order valence-electron chi connectivity index (χ1n) is 7.62. The summed E-state index contributed by atoms with van der Waals surface area (Å²) in [4.78, 5) is 23.1. The normalized spacial score (nSPS) is 11.1. The average Bonchev–Trinajstić information content (AvgIpc) is 3.12. The van der Waals surface area contributed by atoms with Crippen molar-refractivity contribution >= 4 is 28.3 Å². The largest absolute Gasteiger partial charge is 0.457 e. The molecular formula is C17H11F3N4O3S. The van der Waals surface area contributed by atoms with Crippen LogP contribution in [0.1, 0.15) is 25.7 Å². The molecule has 3 aromatic rings. The SMILES string of the molecule is NC(=O)c1ccc(Oc2ccc(C(=O)Nc3nnc(C(F)(F)F)s3)cc2)cc1.